The van der Waals surface area contributed by atoms with Crippen molar-refractivity contribution in [2.75, 3.05) is 5.32 Å². The zero-order valence-electron chi connectivity index (χ0n) is 11.7. The molecule has 0 saturated heterocycles. The lowest BCUT2D eigenvalue weighted by Crippen LogP contribution is -2.13. The van der Waals surface area contributed by atoms with E-state index >= 15 is 0 Å². The van der Waals surface area contributed by atoms with Crippen molar-refractivity contribution in [3.8, 4) is 6.07 Å². The van der Waals surface area contributed by atoms with Gasteiger partial charge >= 0.3 is 0 Å². The van der Waals surface area contributed by atoms with E-state index in [9.17, 15) is 14.9 Å². The zero-order valence-corrected chi connectivity index (χ0v) is 12.4. The Morgan fingerprint density at radius 1 is 1.26 bits per heavy atom. The zero-order chi connectivity index (χ0) is 16.8. The molecular weight excluding hydrogens is 318 g/mol. The number of nitrogens with one attached hydrogen (secondary N) is 1. The molecule has 0 radical (unpaired) electrons. The Morgan fingerprint density at radius 2 is 1.96 bits per heavy atom. The molecule has 2 aromatic carbocycles. The normalized spacial score (nSPS) is 10.7. The summed E-state index contributed by atoms with van der Waals surface area (Å²) >= 11 is 5.96. The maximum absolute atomic E-state index is 12.1. The summed E-state index contributed by atoms with van der Waals surface area (Å²) in [4.78, 5) is 22.3. The van der Waals surface area contributed by atoms with Crippen LogP contribution in [0.2, 0.25) is 5.02 Å². The number of hydrogen-bond donors (Lipinski definition) is 1. The van der Waals surface area contributed by atoms with Gasteiger partial charge in [-0.3, -0.25) is 14.9 Å². The minimum Gasteiger partial charge on any atom is -0.321 e. The first-order valence-corrected chi connectivity index (χ1v) is 6.81. The van der Waals surface area contributed by atoms with Gasteiger partial charge in [-0.1, -0.05) is 29.8 Å². The molecule has 114 valence electrons. The van der Waals surface area contributed by atoms with Crippen molar-refractivity contribution >= 4 is 35.0 Å². The maximum atomic E-state index is 12.1. The molecule has 0 fully saturated rings. The number of non-ortho nitro benzene ring substituents is 1. The van der Waals surface area contributed by atoms with E-state index in [0.717, 1.165) is 0 Å². The van der Waals surface area contributed by atoms with Crippen LogP contribution in [0.25, 0.3) is 6.08 Å². The van der Waals surface area contributed by atoms with Gasteiger partial charge in [-0.25, -0.2) is 0 Å². The van der Waals surface area contributed by atoms with Crippen LogP contribution in [0.5, 0.6) is 0 Å². The van der Waals surface area contributed by atoms with E-state index in [1.807, 2.05) is 0 Å². The first-order chi connectivity index (χ1) is 11.0. The van der Waals surface area contributed by atoms with E-state index in [1.54, 1.807) is 36.4 Å². The molecule has 0 aliphatic heterocycles. The second kappa shape index (κ2) is 7.20. The molecule has 6 nitrogen and oxygen atoms in total. The van der Waals surface area contributed by atoms with Crippen LogP contribution in [0.1, 0.15) is 5.56 Å². The average Bonchev–Trinajstić information content (AvgIpc) is 2.54. The van der Waals surface area contributed by atoms with Gasteiger partial charge < -0.3 is 5.32 Å². The minimum absolute atomic E-state index is 0.179. The smallest absolute Gasteiger partial charge is 0.270 e. The number of anilines is 1. The molecule has 0 aliphatic carbocycles. The van der Waals surface area contributed by atoms with Gasteiger partial charge in [-0.2, -0.15) is 5.26 Å². The van der Waals surface area contributed by atoms with E-state index in [2.05, 4.69) is 5.32 Å². The number of halogens is 1. The van der Waals surface area contributed by atoms with Crippen LogP contribution in [-0.2, 0) is 4.79 Å². The summed E-state index contributed by atoms with van der Waals surface area (Å²) in [5.41, 5.74) is 0.363. The molecule has 0 heterocycles. The van der Waals surface area contributed by atoms with Crippen LogP contribution in [0.4, 0.5) is 11.4 Å². The Labute approximate surface area is 136 Å². The first-order valence-electron chi connectivity index (χ1n) is 6.43. The van der Waals surface area contributed by atoms with Gasteiger partial charge in [0.2, 0.25) is 0 Å². The molecule has 0 spiro atoms. The third-order valence-corrected chi connectivity index (χ3v) is 3.23. The predicted molar refractivity (Wildman–Crippen MR) is 86.8 cm³/mol. The van der Waals surface area contributed by atoms with Gasteiger partial charge in [0, 0.05) is 28.4 Å². The van der Waals surface area contributed by atoms with Crippen molar-refractivity contribution < 1.29 is 9.72 Å². The minimum atomic E-state index is -0.624. The van der Waals surface area contributed by atoms with Gasteiger partial charge in [-0.15, -0.1) is 0 Å². The molecule has 0 bridgehead atoms. The van der Waals surface area contributed by atoms with Crippen LogP contribution in [-0.4, -0.2) is 10.8 Å². The maximum Gasteiger partial charge on any atom is 0.270 e. The lowest BCUT2D eigenvalue weighted by molar-refractivity contribution is -0.384. The Hall–Kier alpha value is -3.17. The van der Waals surface area contributed by atoms with Gasteiger partial charge in [0.05, 0.1) is 4.92 Å². The number of nitriles is 1. The molecule has 2 aromatic rings. The number of benzene rings is 2. The number of carbonyl (C=O) groups is 1. The number of nitrogens with zero attached hydrogens (tertiary/aromatic N) is 2. The van der Waals surface area contributed by atoms with Crippen LogP contribution in [0.3, 0.4) is 0 Å². The highest BCUT2D eigenvalue weighted by molar-refractivity contribution is 6.32. The van der Waals surface area contributed by atoms with E-state index in [0.29, 0.717) is 5.69 Å². The molecule has 2 rings (SSSR count). The second-order valence-corrected chi connectivity index (χ2v) is 4.86. The molecule has 0 aliphatic rings. The first kappa shape index (κ1) is 16.2. The number of rotatable bonds is 4. The molecule has 1 N–H and O–H groups in total. The van der Waals surface area contributed by atoms with Crippen molar-refractivity contribution in [1.82, 2.24) is 0 Å². The number of nitro benzene ring substituents is 1. The van der Waals surface area contributed by atoms with Gasteiger partial charge in [-0.05, 0) is 24.3 Å². The summed E-state index contributed by atoms with van der Waals surface area (Å²) < 4.78 is 0. The van der Waals surface area contributed by atoms with E-state index in [4.69, 9.17) is 16.9 Å². The topological polar surface area (TPSA) is 96.0 Å². The summed E-state index contributed by atoms with van der Waals surface area (Å²) in [6.07, 6.45) is 1.22. The van der Waals surface area contributed by atoms with Gasteiger partial charge in [0.1, 0.15) is 11.6 Å². The Balaban J connectivity index is 2.32. The number of amides is 1. The summed E-state index contributed by atoms with van der Waals surface area (Å²) in [6.45, 7) is 0. The van der Waals surface area contributed by atoms with Crippen LogP contribution in [0.15, 0.2) is 54.1 Å². The predicted octanol–water partition coefficient (Wildman–Crippen LogP) is 3.79. The fourth-order valence-corrected chi connectivity index (χ4v) is 1.95. The Morgan fingerprint density at radius 3 is 2.57 bits per heavy atom. The van der Waals surface area contributed by atoms with Gasteiger partial charge in [0.15, 0.2) is 0 Å². The van der Waals surface area contributed by atoms with Gasteiger partial charge in [0.25, 0.3) is 11.6 Å². The summed E-state index contributed by atoms with van der Waals surface area (Å²) in [5, 5.41) is 22.7. The van der Waals surface area contributed by atoms with E-state index in [1.165, 1.54) is 24.3 Å². The lowest BCUT2D eigenvalue weighted by Gasteiger charge is -2.04. The van der Waals surface area contributed by atoms with Crippen LogP contribution < -0.4 is 5.32 Å². The number of carbonyl (C=O) groups excluding carboxylic acids is 1. The monoisotopic (exact) mass is 327 g/mol. The summed E-state index contributed by atoms with van der Waals surface area (Å²) in [7, 11) is 0. The van der Waals surface area contributed by atoms with Crippen molar-refractivity contribution in [2.45, 2.75) is 0 Å². The summed E-state index contributed by atoms with van der Waals surface area (Å²) in [6, 6.07) is 14.2. The molecule has 7 heteroatoms. The number of hydrogen-bond acceptors (Lipinski definition) is 4. The number of nitro groups is 1. The third-order valence-electron chi connectivity index (χ3n) is 2.89. The summed E-state index contributed by atoms with van der Waals surface area (Å²) in [5.74, 6) is -0.624. The van der Waals surface area contributed by atoms with Crippen molar-refractivity contribution in [1.29, 1.82) is 5.26 Å². The lowest BCUT2D eigenvalue weighted by atomic mass is 10.1. The second-order valence-electron chi connectivity index (χ2n) is 4.45. The molecule has 0 aromatic heterocycles. The molecule has 0 saturated carbocycles. The largest absolute Gasteiger partial charge is 0.321 e. The quantitative estimate of drug-likeness (QED) is 0.400. The van der Waals surface area contributed by atoms with Crippen molar-refractivity contribution in [3.63, 3.8) is 0 Å². The van der Waals surface area contributed by atoms with E-state index in [-0.39, 0.29) is 21.8 Å². The Kier molecular flexibility index (Phi) is 5.07. The molecule has 23 heavy (non-hydrogen) atoms. The molecular formula is C16H10ClN3O3. The Bertz CT molecular complexity index is 826. The standard InChI is InChI=1S/C16H10ClN3O3/c17-15-7-6-14(20(22)23)9-11(15)8-12(10-18)16(21)19-13-4-2-1-3-5-13/h1-9H,(H,19,21)/b12-8+. The average molecular weight is 328 g/mol. The molecule has 0 atom stereocenters. The van der Waals surface area contributed by atoms with Crippen molar-refractivity contribution in [2.24, 2.45) is 0 Å². The highest BCUT2D eigenvalue weighted by Crippen LogP contribution is 2.24. The van der Waals surface area contributed by atoms with Crippen LogP contribution >= 0.6 is 11.6 Å². The van der Waals surface area contributed by atoms with Crippen molar-refractivity contribution in [3.05, 3.63) is 74.8 Å². The fraction of sp³-hybridized carbons (Fsp3) is 0. The molecule has 1 amide bonds. The SMILES string of the molecule is N#C/C(=C\c1cc([N+](=O)[O-])ccc1Cl)C(=O)Nc1ccccc1. The fourth-order valence-electron chi connectivity index (χ4n) is 1.78. The highest BCUT2D eigenvalue weighted by atomic mass is 35.5. The molecule has 0 unspecified atom stereocenters. The number of para-hydroxylation sites is 1. The van der Waals surface area contributed by atoms with Crippen LogP contribution in [0, 0.1) is 21.4 Å². The highest BCUT2D eigenvalue weighted by Gasteiger charge is 2.13. The third kappa shape index (κ3) is 4.15. The van der Waals surface area contributed by atoms with E-state index < -0.39 is 10.8 Å².